The summed E-state index contributed by atoms with van der Waals surface area (Å²) in [5.41, 5.74) is 6.94. The van der Waals surface area contributed by atoms with Crippen LogP contribution in [0.15, 0.2) is 47.5 Å². The first kappa shape index (κ1) is 17.3. The van der Waals surface area contributed by atoms with Gasteiger partial charge in [0.05, 0.1) is 5.71 Å². The number of rotatable bonds is 3. The van der Waals surface area contributed by atoms with Crippen LogP contribution in [0.1, 0.15) is 36.0 Å². The van der Waals surface area contributed by atoms with Crippen molar-refractivity contribution in [1.82, 2.24) is 5.32 Å². The zero-order chi connectivity index (χ0) is 18.3. The van der Waals surface area contributed by atoms with Gasteiger partial charge in [0, 0.05) is 54.4 Å². The third kappa shape index (κ3) is 2.97. The molecule has 0 atom stereocenters. The first-order valence-corrected chi connectivity index (χ1v) is 10.5. The third-order valence-corrected chi connectivity index (χ3v) is 6.79. The summed E-state index contributed by atoms with van der Waals surface area (Å²) in [4.78, 5) is 7.60. The van der Waals surface area contributed by atoms with Crippen molar-refractivity contribution in [2.45, 2.75) is 31.1 Å². The SMILES string of the molecule is Clc1ccc(C2(C3=NCCc4ccc(N5CCNCC5)cc43)CCC2)cc1. The molecule has 140 valence electrons. The van der Waals surface area contributed by atoms with Crippen LogP contribution >= 0.6 is 11.6 Å². The number of halogens is 1. The fraction of sp³-hybridized carbons (Fsp3) is 0.435. The Hall–Kier alpha value is -1.84. The molecule has 0 unspecified atom stereocenters. The first-order valence-electron chi connectivity index (χ1n) is 10.2. The standard InChI is InChI=1S/C23H26ClN3/c24-19-5-3-18(4-6-19)23(9-1-10-23)22-21-16-20(27-14-12-25-13-15-27)7-2-17(21)8-11-26-22/h2-7,16,25H,1,8-15H2. The molecule has 0 bridgehead atoms. The van der Waals surface area contributed by atoms with E-state index in [0.29, 0.717) is 0 Å². The second kappa shape index (κ2) is 6.96. The van der Waals surface area contributed by atoms with Crippen molar-refractivity contribution in [3.8, 4) is 0 Å². The summed E-state index contributed by atoms with van der Waals surface area (Å²) in [6, 6.07) is 15.5. The molecule has 3 aliphatic rings. The zero-order valence-electron chi connectivity index (χ0n) is 15.7. The van der Waals surface area contributed by atoms with Gasteiger partial charge in [0.1, 0.15) is 0 Å². The molecule has 4 heteroatoms. The lowest BCUT2D eigenvalue weighted by Gasteiger charge is -2.45. The van der Waals surface area contributed by atoms with Crippen molar-refractivity contribution in [1.29, 1.82) is 0 Å². The van der Waals surface area contributed by atoms with Gasteiger partial charge in [0.25, 0.3) is 0 Å². The molecule has 1 saturated carbocycles. The van der Waals surface area contributed by atoms with Gasteiger partial charge in [-0.1, -0.05) is 36.2 Å². The maximum absolute atomic E-state index is 6.16. The Morgan fingerprint density at radius 1 is 1.00 bits per heavy atom. The molecule has 2 heterocycles. The summed E-state index contributed by atoms with van der Waals surface area (Å²) in [6.07, 6.45) is 4.70. The Kier molecular flexibility index (Phi) is 4.45. The van der Waals surface area contributed by atoms with Crippen molar-refractivity contribution in [3.63, 3.8) is 0 Å². The molecule has 2 aromatic carbocycles. The Labute approximate surface area is 166 Å². The van der Waals surface area contributed by atoms with Crippen LogP contribution in [0.4, 0.5) is 5.69 Å². The molecule has 2 aliphatic heterocycles. The number of hydrogen-bond acceptors (Lipinski definition) is 3. The van der Waals surface area contributed by atoms with E-state index in [1.165, 1.54) is 47.4 Å². The molecular weight excluding hydrogens is 354 g/mol. The number of hydrogen-bond donors (Lipinski definition) is 1. The second-order valence-electron chi connectivity index (χ2n) is 8.00. The van der Waals surface area contributed by atoms with Gasteiger partial charge >= 0.3 is 0 Å². The quantitative estimate of drug-likeness (QED) is 0.864. The van der Waals surface area contributed by atoms with E-state index in [1.54, 1.807) is 0 Å². The molecule has 1 N–H and O–H groups in total. The predicted octanol–water partition coefficient (Wildman–Crippen LogP) is 4.22. The minimum atomic E-state index is 0.0713. The highest BCUT2D eigenvalue weighted by molar-refractivity contribution is 6.30. The van der Waals surface area contributed by atoms with Crippen LogP contribution in [0.5, 0.6) is 0 Å². The van der Waals surface area contributed by atoms with E-state index in [1.807, 2.05) is 12.1 Å². The number of fused-ring (bicyclic) bond motifs is 1. The molecule has 0 spiro atoms. The van der Waals surface area contributed by atoms with E-state index >= 15 is 0 Å². The van der Waals surface area contributed by atoms with E-state index in [-0.39, 0.29) is 5.41 Å². The van der Waals surface area contributed by atoms with Crippen molar-refractivity contribution in [2.24, 2.45) is 4.99 Å². The van der Waals surface area contributed by atoms with Crippen molar-refractivity contribution >= 4 is 23.0 Å². The number of aliphatic imine (C=N–C) groups is 1. The number of nitrogens with one attached hydrogen (secondary N) is 1. The summed E-state index contributed by atoms with van der Waals surface area (Å²) in [5, 5.41) is 4.25. The van der Waals surface area contributed by atoms with Crippen LogP contribution in [0.25, 0.3) is 0 Å². The van der Waals surface area contributed by atoms with Crippen LogP contribution in [-0.2, 0) is 11.8 Å². The lowest BCUT2D eigenvalue weighted by Crippen LogP contribution is -2.45. The predicted molar refractivity (Wildman–Crippen MR) is 114 cm³/mol. The summed E-state index contributed by atoms with van der Waals surface area (Å²) in [5.74, 6) is 0. The normalized spacial score (nSPS) is 21.2. The van der Waals surface area contributed by atoms with E-state index in [9.17, 15) is 0 Å². The topological polar surface area (TPSA) is 27.6 Å². The number of piperazine rings is 1. The monoisotopic (exact) mass is 379 g/mol. The molecular formula is C23H26ClN3. The van der Waals surface area contributed by atoms with Crippen molar-refractivity contribution in [2.75, 3.05) is 37.6 Å². The Morgan fingerprint density at radius 3 is 2.48 bits per heavy atom. The van der Waals surface area contributed by atoms with E-state index in [4.69, 9.17) is 16.6 Å². The Bertz CT molecular complexity index is 862. The van der Waals surface area contributed by atoms with E-state index in [2.05, 4.69) is 40.5 Å². The van der Waals surface area contributed by atoms with Crippen molar-refractivity contribution < 1.29 is 0 Å². The molecule has 2 aromatic rings. The maximum atomic E-state index is 6.16. The molecule has 0 amide bonds. The second-order valence-corrected chi connectivity index (χ2v) is 8.44. The molecule has 3 nitrogen and oxygen atoms in total. The maximum Gasteiger partial charge on any atom is 0.0529 e. The van der Waals surface area contributed by atoms with Gasteiger partial charge in [-0.25, -0.2) is 0 Å². The molecule has 0 aromatic heterocycles. The molecule has 5 rings (SSSR count). The van der Waals surface area contributed by atoms with Gasteiger partial charge in [0.2, 0.25) is 0 Å². The van der Waals surface area contributed by atoms with Gasteiger partial charge in [0.15, 0.2) is 0 Å². The zero-order valence-corrected chi connectivity index (χ0v) is 16.4. The lowest BCUT2D eigenvalue weighted by molar-refractivity contribution is 0.340. The third-order valence-electron chi connectivity index (χ3n) is 6.54. The Morgan fingerprint density at radius 2 is 1.78 bits per heavy atom. The van der Waals surface area contributed by atoms with Crippen LogP contribution in [0.3, 0.4) is 0 Å². The summed E-state index contributed by atoms with van der Waals surface area (Å²) >= 11 is 6.16. The summed E-state index contributed by atoms with van der Waals surface area (Å²) in [7, 11) is 0. The van der Waals surface area contributed by atoms with Crippen molar-refractivity contribution in [3.05, 3.63) is 64.2 Å². The molecule has 27 heavy (non-hydrogen) atoms. The first-order chi connectivity index (χ1) is 13.3. The molecule has 1 aliphatic carbocycles. The van der Waals surface area contributed by atoms with Gasteiger partial charge in [-0.15, -0.1) is 0 Å². The average molecular weight is 380 g/mol. The minimum Gasteiger partial charge on any atom is -0.369 e. The highest BCUT2D eigenvalue weighted by Crippen LogP contribution is 2.48. The van der Waals surface area contributed by atoms with Crippen LogP contribution in [0.2, 0.25) is 5.02 Å². The highest BCUT2D eigenvalue weighted by atomic mass is 35.5. The highest BCUT2D eigenvalue weighted by Gasteiger charge is 2.45. The van der Waals surface area contributed by atoms with Crippen LogP contribution in [-0.4, -0.2) is 38.4 Å². The number of benzene rings is 2. The fourth-order valence-electron chi connectivity index (χ4n) is 4.87. The van der Waals surface area contributed by atoms with Gasteiger partial charge in [-0.2, -0.15) is 0 Å². The largest absolute Gasteiger partial charge is 0.369 e. The van der Waals surface area contributed by atoms with E-state index < -0.39 is 0 Å². The molecule has 1 saturated heterocycles. The molecule has 2 fully saturated rings. The minimum absolute atomic E-state index is 0.0713. The smallest absolute Gasteiger partial charge is 0.0529 e. The Balaban J connectivity index is 1.56. The lowest BCUT2D eigenvalue weighted by atomic mass is 9.59. The average Bonchev–Trinajstić information content (AvgIpc) is 2.69. The van der Waals surface area contributed by atoms with Crippen LogP contribution < -0.4 is 10.2 Å². The van der Waals surface area contributed by atoms with Gasteiger partial charge in [-0.3, -0.25) is 4.99 Å². The number of nitrogens with zero attached hydrogens (tertiary/aromatic N) is 2. The summed E-state index contributed by atoms with van der Waals surface area (Å²) < 4.78 is 0. The van der Waals surface area contributed by atoms with Crippen LogP contribution in [0, 0.1) is 0 Å². The number of anilines is 1. The summed E-state index contributed by atoms with van der Waals surface area (Å²) in [6.45, 7) is 5.19. The molecule has 0 radical (unpaired) electrons. The van der Waals surface area contributed by atoms with Gasteiger partial charge < -0.3 is 10.2 Å². The fourth-order valence-corrected chi connectivity index (χ4v) is 4.99. The van der Waals surface area contributed by atoms with Gasteiger partial charge in [-0.05, 0) is 54.7 Å². The van der Waals surface area contributed by atoms with E-state index in [0.717, 1.165) is 44.2 Å².